The highest BCUT2D eigenvalue weighted by Gasteiger charge is 2.19. The zero-order valence-electron chi connectivity index (χ0n) is 17.0. The number of para-hydroxylation sites is 2. The van der Waals surface area contributed by atoms with Crippen molar-refractivity contribution in [3.8, 4) is 22.6 Å². The summed E-state index contributed by atoms with van der Waals surface area (Å²) in [6.45, 7) is 0. The molecule has 0 aliphatic rings. The van der Waals surface area contributed by atoms with Crippen LogP contribution in [0, 0.1) is 0 Å². The van der Waals surface area contributed by atoms with Crippen molar-refractivity contribution in [1.29, 1.82) is 0 Å². The molecule has 4 aromatic carbocycles. The third kappa shape index (κ3) is 2.43. The molecule has 150 valence electrons. The third-order valence-electron chi connectivity index (χ3n) is 6.23. The van der Waals surface area contributed by atoms with Crippen LogP contribution in [-0.2, 0) is 0 Å². The third-order valence-corrected chi connectivity index (χ3v) is 6.42. The largest absolute Gasteiger partial charge is 0.308 e. The van der Waals surface area contributed by atoms with Crippen LogP contribution in [0.25, 0.3) is 60.7 Å². The highest BCUT2D eigenvalue weighted by atomic mass is 35.5. The van der Waals surface area contributed by atoms with Gasteiger partial charge in [-0.2, -0.15) is 0 Å². The van der Waals surface area contributed by atoms with Crippen molar-refractivity contribution in [1.82, 2.24) is 14.4 Å². The molecule has 0 radical (unpaired) electrons. The van der Waals surface area contributed by atoms with Gasteiger partial charge in [-0.25, -0.2) is 9.97 Å². The topological polar surface area (TPSA) is 30.2 Å². The summed E-state index contributed by atoms with van der Waals surface area (Å²) in [5.41, 5.74) is 6.49. The van der Waals surface area contributed by atoms with Crippen LogP contribution in [0.2, 0.25) is 5.15 Å². The molecule has 7 rings (SSSR count). The number of fused-ring (bicyclic) bond motifs is 6. The fourth-order valence-corrected chi connectivity index (χ4v) is 5.06. The molecule has 0 aliphatic carbocycles. The minimum atomic E-state index is 0.438. The molecular weight excluding hydrogens is 414 g/mol. The van der Waals surface area contributed by atoms with Crippen LogP contribution >= 0.6 is 11.6 Å². The number of benzene rings is 4. The van der Waals surface area contributed by atoms with Crippen LogP contribution in [-0.4, -0.2) is 14.4 Å². The predicted molar refractivity (Wildman–Crippen MR) is 133 cm³/mol. The lowest BCUT2D eigenvalue weighted by atomic mass is 10.0. The molecule has 0 unspecified atom stereocenters. The average molecular weight is 430 g/mol. The van der Waals surface area contributed by atoms with Gasteiger partial charge < -0.3 is 4.40 Å². The van der Waals surface area contributed by atoms with Crippen LogP contribution in [0.3, 0.4) is 0 Å². The second-order valence-electron chi connectivity index (χ2n) is 8.06. The minimum absolute atomic E-state index is 0.438. The van der Waals surface area contributed by atoms with E-state index in [1.165, 1.54) is 38.1 Å². The molecule has 0 aliphatic heterocycles. The first-order valence-electron chi connectivity index (χ1n) is 10.6. The molecule has 0 spiro atoms. The Morgan fingerprint density at radius 3 is 1.81 bits per heavy atom. The Morgan fingerprint density at radius 1 is 0.562 bits per heavy atom. The molecule has 3 aromatic heterocycles. The van der Waals surface area contributed by atoms with Crippen LogP contribution in [0.5, 0.6) is 0 Å². The molecular formula is C28H16ClN3. The van der Waals surface area contributed by atoms with Crippen molar-refractivity contribution >= 4 is 49.7 Å². The van der Waals surface area contributed by atoms with E-state index < -0.39 is 0 Å². The van der Waals surface area contributed by atoms with Crippen molar-refractivity contribution in [2.75, 3.05) is 0 Å². The van der Waals surface area contributed by atoms with Crippen molar-refractivity contribution in [3.63, 3.8) is 0 Å². The Kier molecular flexibility index (Phi) is 3.61. The Morgan fingerprint density at radius 2 is 1.16 bits per heavy atom. The summed E-state index contributed by atoms with van der Waals surface area (Å²) in [6, 6.07) is 33.4. The molecule has 0 N–H and O–H groups in total. The van der Waals surface area contributed by atoms with E-state index in [0.29, 0.717) is 11.0 Å². The number of nitrogens with zero attached hydrogens (tertiary/aromatic N) is 3. The van der Waals surface area contributed by atoms with Gasteiger partial charge in [-0.3, -0.25) is 0 Å². The fourth-order valence-electron chi connectivity index (χ4n) is 4.88. The van der Waals surface area contributed by atoms with Gasteiger partial charge in [0.1, 0.15) is 5.15 Å². The van der Waals surface area contributed by atoms with Gasteiger partial charge in [0.25, 0.3) is 0 Å². The number of halogens is 1. The van der Waals surface area contributed by atoms with E-state index in [0.717, 1.165) is 16.8 Å². The van der Waals surface area contributed by atoms with Crippen molar-refractivity contribution in [2.24, 2.45) is 0 Å². The first-order chi connectivity index (χ1) is 15.8. The lowest BCUT2D eigenvalue weighted by Gasteiger charge is -2.07. The molecule has 0 saturated carbocycles. The van der Waals surface area contributed by atoms with Gasteiger partial charge in [0, 0.05) is 38.7 Å². The van der Waals surface area contributed by atoms with E-state index in [1.54, 1.807) is 0 Å². The van der Waals surface area contributed by atoms with Crippen LogP contribution < -0.4 is 0 Å². The standard InChI is InChI=1S/C28H16ClN3/c29-26-16-23(30-28(31-26)17-8-2-1-3-9-17)18-14-21-19-10-4-6-12-24(19)32-25-13-7-5-11-20(25)22(15-18)27(21)32/h1-16H. The summed E-state index contributed by atoms with van der Waals surface area (Å²) >= 11 is 6.45. The second-order valence-corrected chi connectivity index (χ2v) is 8.44. The summed E-state index contributed by atoms with van der Waals surface area (Å²) < 4.78 is 2.38. The lowest BCUT2D eigenvalue weighted by Crippen LogP contribution is -1.93. The van der Waals surface area contributed by atoms with Crippen LogP contribution in [0.15, 0.2) is 97.1 Å². The number of hydrogen-bond donors (Lipinski definition) is 0. The molecule has 4 heteroatoms. The second kappa shape index (κ2) is 6.52. The fraction of sp³-hybridized carbons (Fsp3) is 0. The van der Waals surface area contributed by atoms with Gasteiger partial charge >= 0.3 is 0 Å². The Bertz CT molecular complexity index is 1700. The highest BCUT2D eigenvalue weighted by Crippen LogP contribution is 2.41. The van der Waals surface area contributed by atoms with Gasteiger partial charge in [-0.15, -0.1) is 0 Å². The maximum atomic E-state index is 6.45. The van der Waals surface area contributed by atoms with Gasteiger partial charge in [0.05, 0.1) is 22.2 Å². The molecule has 3 heterocycles. The van der Waals surface area contributed by atoms with Crippen molar-refractivity contribution in [2.45, 2.75) is 0 Å². The lowest BCUT2D eigenvalue weighted by molar-refractivity contribution is 1.18. The first kappa shape index (κ1) is 17.7. The normalized spacial score (nSPS) is 11.9. The Labute approximate surface area is 188 Å². The van der Waals surface area contributed by atoms with Gasteiger partial charge in [0.15, 0.2) is 5.82 Å². The molecule has 0 atom stereocenters. The number of rotatable bonds is 2. The summed E-state index contributed by atoms with van der Waals surface area (Å²) in [7, 11) is 0. The zero-order valence-corrected chi connectivity index (χ0v) is 17.7. The summed E-state index contributed by atoms with van der Waals surface area (Å²) in [5.74, 6) is 0.632. The van der Waals surface area contributed by atoms with E-state index in [2.05, 4.69) is 70.0 Å². The summed E-state index contributed by atoms with van der Waals surface area (Å²) in [5, 5.41) is 5.36. The zero-order chi connectivity index (χ0) is 21.2. The average Bonchev–Trinajstić information content (AvgIpc) is 3.36. The molecule has 0 bridgehead atoms. The van der Waals surface area contributed by atoms with E-state index in [4.69, 9.17) is 16.6 Å². The van der Waals surface area contributed by atoms with E-state index in [9.17, 15) is 0 Å². The first-order valence-corrected chi connectivity index (χ1v) is 10.9. The predicted octanol–water partition coefficient (Wildman–Crippen LogP) is 7.61. The molecule has 32 heavy (non-hydrogen) atoms. The summed E-state index contributed by atoms with van der Waals surface area (Å²) in [4.78, 5) is 9.36. The number of aromatic nitrogens is 3. The summed E-state index contributed by atoms with van der Waals surface area (Å²) in [6.07, 6.45) is 0. The minimum Gasteiger partial charge on any atom is -0.308 e. The van der Waals surface area contributed by atoms with Crippen molar-refractivity contribution in [3.05, 3.63) is 102 Å². The molecule has 0 saturated heterocycles. The monoisotopic (exact) mass is 429 g/mol. The van der Waals surface area contributed by atoms with E-state index in [-0.39, 0.29) is 0 Å². The van der Waals surface area contributed by atoms with Gasteiger partial charge in [-0.05, 0) is 24.3 Å². The van der Waals surface area contributed by atoms with Crippen molar-refractivity contribution < 1.29 is 0 Å². The van der Waals surface area contributed by atoms with E-state index in [1.807, 2.05) is 36.4 Å². The van der Waals surface area contributed by atoms with Crippen LogP contribution in [0.4, 0.5) is 0 Å². The van der Waals surface area contributed by atoms with E-state index >= 15 is 0 Å². The smallest absolute Gasteiger partial charge is 0.161 e. The molecule has 0 fully saturated rings. The molecule has 7 aromatic rings. The van der Waals surface area contributed by atoms with Crippen LogP contribution in [0.1, 0.15) is 0 Å². The maximum Gasteiger partial charge on any atom is 0.161 e. The number of hydrogen-bond acceptors (Lipinski definition) is 2. The molecule has 3 nitrogen and oxygen atoms in total. The molecule has 0 amide bonds. The SMILES string of the molecule is Clc1cc(-c2cc3c4ccccc4n4c5ccccc5c(c2)c34)nc(-c2ccccc2)n1. The Balaban J connectivity index is 1.59. The maximum absolute atomic E-state index is 6.45. The van der Waals surface area contributed by atoms with Gasteiger partial charge in [-0.1, -0.05) is 78.3 Å². The van der Waals surface area contributed by atoms with Gasteiger partial charge in [0.2, 0.25) is 0 Å². The highest BCUT2D eigenvalue weighted by molar-refractivity contribution is 6.30. The quantitative estimate of drug-likeness (QED) is 0.265. The Hall–Kier alpha value is -3.95.